The second kappa shape index (κ2) is 8.11. The molecular weight excluding hydrogens is 466 g/mol. The zero-order valence-corrected chi connectivity index (χ0v) is 20.2. The van der Waals surface area contributed by atoms with Gasteiger partial charge in [-0.1, -0.05) is 91.0 Å². The zero-order chi connectivity index (χ0) is 25.1. The van der Waals surface area contributed by atoms with Gasteiger partial charge in [0.1, 0.15) is 0 Å². The first-order chi connectivity index (χ1) is 18.8. The van der Waals surface area contributed by atoms with Crippen LogP contribution in [0.5, 0.6) is 0 Å². The van der Waals surface area contributed by atoms with Crippen LogP contribution in [0.25, 0.3) is 78.2 Å². The highest BCUT2D eigenvalue weighted by Gasteiger charge is 2.27. The first kappa shape index (κ1) is 20.9. The second-order valence-electron chi connectivity index (χ2n) is 9.42. The molecule has 0 aliphatic heterocycles. The summed E-state index contributed by atoms with van der Waals surface area (Å²) in [6.07, 6.45) is 3.65. The van der Waals surface area contributed by atoms with Crippen LogP contribution in [0, 0.1) is 0 Å². The minimum atomic E-state index is 0.649. The van der Waals surface area contributed by atoms with Crippen molar-refractivity contribution in [2.24, 2.45) is 0 Å². The van der Waals surface area contributed by atoms with Gasteiger partial charge in [-0.05, 0) is 34.0 Å². The van der Waals surface area contributed by atoms with Crippen molar-refractivity contribution < 1.29 is 0 Å². The molecule has 0 spiro atoms. The van der Waals surface area contributed by atoms with Crippen LogP contribution in [-0.2, 0) is 0 Å². The van der Waals surface area contributed by atoms with Crippen LogP contribution in [0.15, 0.2) is 116 Å². The Morgan fingerprint density at radius 1 is 0.447 bits per heavy atom. The summed E-state index contributed by atoms with van der Waals surface area (Å²) >= 11 is 0. The molecule has 3 aromatic heterocycles. The van der Waals surface area contributed by atoms with Gasteiger partial charge >= 0.3 is 0 Å². The lowest BCUT2D eigenvalue weighted by Crippen LogP contribution is -1.98. The quantitative estimate of drug-likeness (QED) is 0.258. The van der Waals surface area contributed by atoms with E-state index in [1.807, 2.05) is 24.4 Å². The van der Waals surface area contributed by atoms with Gasteiger partial charge in [0.05, 0.1) is 16.8 Å². The normalized spacial score (nSPS) is 11.7. The Bertz CT molecular complexity index is 2020. The van der Waals surface area contributed by atoms with Gasteiger partial charge < -0.3 is 0 Å². The minimum absolute atomic E-state index is 0.649. The van der Waals surface area contributed by atoms with Crippen molar-refractivity contribution in [3.63, 3.8) is 0 Å². The summed E-state index contributed by atoms with van der Waals surface area (Å²) < 4.78 is 0. The van der Waals surface area contributed by atoms with Crippen LogP contribution in [-0.4, -0.2) is 24.9 Å². The number of hydrogen-bond acceptors (Lipinski definition) is 5. The summed E-state index contributed by atoms with van der Waals surface area (Å²) in [4.78, 5) is 24.2. The van der Waals surface area contributed by atoms with E-state index in [2.05, 4.69) is 89.9 Å². The molecule has 5 heteroatoms. The molecule has 38 heavy (non-hydrogen) atoms. The number of aromatic nitrogens is 5. The molecule has 5 nitrogen and oxygen atoms in total. The van der Waals surface area contributed by atoms with E-state index in [0.29, 0.717) is 17.3 Å². The molecule has 8 rings (SSSR count). The van der Waals surface area contributed by atoms with Gasteiger partial charge in [0, 0.05) is 34.6 Å². The molecule has 0 bridgehead atoms. The van der Waals surface area contributed by atoms with E-state index in [1.165, 1.54) is 5.39 Å². The van der Waals surface area contributed by atoms with Gasteiger partial charge in [0.15, 0.2) is 17.3 Å². The molecule has 7 aromatic rings. The molecule has 176 valence electrons. The van der Waals surface area contributed by atoms with Crippen molar-refractivity contribution in [1.29, 1.82) is 0 Å². The van der Waals surface area contributed by atoms with E-state index in [-0.39, 0.29) is 0 Å². The summed E-state index contributed by atoms with van der Waals surface area (Å²) in [5, 5.41) is 3.25. The Balaban J connectivity index is 1.32. The fourth-order valence-corrected chi connectivity index (χ4v) is 5.25. The number of benzene rings is 4. The first-order valence-electron chi connectivity index (χ1n) is 12.5. The number of nitrogens with zero attached hydrogens (tertiary/aromatic N) is 5. The first-order valence-corrected chi connectivity index (χ1v) is 12.5. The molecular formula is C33H19N5. The Morgan fingerprint density at radius 2 is 1.08 bits per heavy atom. The Labute approximate surface area is 218 Å². The van der Waals surface area contributed by atoms with Crippen LogP contribution in [0.4, 0.5) is 0 Å². The molecule has 1 aliphatic rings. The zero-order valence-electron chi connectivity index (χ0n) is 20.2. The van der Waals surface area contributed by atoms with Gasteiger partial charge in [-0.15, -0.1) is 0 Å². The summed E-state index contributed by atoms with van der Waals surface area (Å²) in [5.41, 5.74) is 8.64. The van der Waals surface area contributed by atoms with Gasteiger partial charge in [0.25, 0.3) is 0 Å². The summed E-state index contributed by atoms with van der Waals surface area (Å²) in [6, 6.07) is 35.2. The Kier molecular flexibility index (Phi) is 4.45. The fourth-order valence-electron chi connectivity index (χ4n) is 5.25. The maximum atomic E-state index is 5.04. The Morgan fingerprint density at radius 3 is 1.79 bits per heavy atom. The highest BCUT2D eigenvalue weighted by molar-refractivity contribution is 6.11. The van der Waals surface area contributed by atoms with Crippen LogP contribution >= 0.6 is 0 Å². The van der Waals surface area contributed by atoms with Crippen molar-refractivity contribution in [2.45, 2.75) is 0 Å². The van der Waals surface area contributed by atoms with Crippen LogP contribution in [0.1, 0.15) is 0 Å². The fraction of sp³-hybridized carbons (Fsp3) is 0. The summed E-state index contributed by atoms with van der Waals surface area (Å²) in [5.74, 6) is 1.31. The van der Waals surface area contributed by atoms with Crippen LogP contribution in [0.2, 0.25) is 0 Å². The van der Waals surface area contributed by atoms with E-state index < -0.39 is 0 Å². The number of rotatable bonds is 3. The smallest absolute Gasteiger partial charge is 0.168 e. The second-order valence-corrected chi connectivity index (χ2v) is 9.42. The third kappa shape index (κ3) is 3.22. The third-order valence-electron chi connectivity index (χ3n) is 7.14. The number of hydrogen-bond donors (Lipinski definition) is 0. The lowest BCUT2D eigenvalue weighted by molar-refractivity contribution is 1.16. The van der Waals surface area contributed by atoms with Gasteiger partial charge in [-0.25, -0.2) is 19.9 Å². The average Bonchev–Trinajstić information content (AvgIpc) is 3.32. The molecule has 0 saturated heterocycles. The van der Waals surface area contributed by atoms with Gasteiger partial charge in [0.2, 0.25) is 0 Å². The largest absolute Gasteiger partial charge is 0.264 e. The molecule has 0 fully saturated rings. The van der Waals surface area contributed by atoms with E-state index >= 15 is 0 Å². The van der Waals surface area contributed by atoms with Crippen molar-refractivity contribution in [1.82, 2.24) is 24.9 Å². The van der Waals surface area contributed by atoms with Crippen molar-refractivity contribution in [2.75, 3.05) is 0 Å². The topological polar surface area (TPSA) is 64.5 Å². The highest BCUT2D eigenvalue weighted by Crippen LogP contribution is 2.45. The molecule has 0 N–H and O–H groups in total. The Hall–Kier alpha value is -5.29. The molecule has 0 atom stereocenters. The van der Waals surface area contributed by atoms with Crippen LogP contribution in [0.3, 0.4) is 0 Å². The molecule has 0 unspecified atom stereocenters. The van der Waals surface area contributed by atoms with Gasteiger partial charge in [-0.2, -0.15) is 0 Å². The van der Waals surface area contributed by atoms with Crippen molar-refractivity contribution >= 4 is 21.8 Å². The summed E-state index contributed by atoms with van der Waals surface area (Å²) in [6.45, 7) is 0. The molecule has 0 amide bonds. The van der Waals surface area contributed by atoms with E-state index in [4.69, 9.17) is 19.9 Å². The monoisotopic (exact) mass is 485 g/mol. The van der Waals surface area contributed by atoms with Crippen LogP contribution < -0.4 is 0 Å². The lowest BCUT2D eigenvalue weighted by atomic mass is 10.1. The molecule has 4 aromatic carbocycles. The maximum Gasteiger partial charge on any atom is 0.168 e. The third-order valence-corrected chi connectivity index (χ3v) is 7.14. The van der Waals surface area contributed by atoms with Gasteiger partial charge in [-0.3, -0.25) is 4.98 Å². The van der Waals surface area contributed by atoms with Crippen molar-refractivity contribution in [3.8, 4) is 56.4 Å². The minimum Gasteiger partial charge on any atom is -0.264 e. The van der Waals surface area contributed by atoms with E-state index in [9.17, 15) is 0 Å². The SMILES string of the molecule is c1cncc(-c2ccc(-c3nc4c5c(nc(-c6ccc7ccccc7c6)nc5n3)-c3ccccc3-4)cc2)c1. The summed E-state index contributed by atoms with van der Waals surface area (Å²) in [7, 11) is 0. The van der Waals surface area contributed by atoms with E-state index in [1.54, 1.807) is 6.20 Å². The number of fused-ring (bicyclic) bond motifs is 4. The lowest BCUT2D eigenvalue weighted by Gasteiger charge is -2.09. The molecule has 0 saturated carbocycles. The highest BCUT2D eigenvalue weighted by atomic mass is 15.0. The van der Waals surface area contributed by atoms with E-state index in [0.717, 1.165) is 55.5 Å². The number of pyridine rings is 1. The van der Waals surface area contributed by atoms with Crippen molar-refractivity contribution in [3.05, 3.63) is 116 Å². The maximum absolute atomic E-state index is 5.04. The molecule has 3 heterocycles. The predicted octanol–water partition coefficient (Wildman–Crippen LogP) is 7.62. The standard InChI is InChI=1S/C33H19N5/c1-2-7-23-18-24(16-13-20(23)6-1)32-36-30-27-10-4-3-9-26(27)29-28(30)33(38-32)37-31(35-29)22-14-11-21(12-15-22)25-8-5-17-34-19-25/h1-19H. The molecule has 0 radical (unpaired) electrons. The molecule has 1 aliphatic carbocycles. The average molecular weight is 486 g/mol. The predicted molar refractivity (Wildman–Crippen MR) is 151 cm³/mol.